The van der Waals surface area contributed by atoms with Gasteiger partial charge in [-0.3, -0.25) is 0 Å². The highest BCUT2D eigenvalue weighted by atomic mass is 79.9. The standard InChI is InChI=1S/C48H32N2.C24H16BrN.C24H17N/c1-3-13-33(14-4-1)34-23-25-36(26-24-34)50-47-22-12-11-21-44(47)45-30-28-38(32-48(45)50)49(35-15-5-2-6-16-35)37-27-29-43-41-19-8-7-17-39(41)40-18-9-10-20-42(40)46(43)31-37;25-19-12-15-22-21-8-4-5-9-23(21)26(24(22)16-19)20-13-10-18(11-14-20)17-6-2-1-3-7-17;1-2-8-17(9-3-1)25-18-14-15-23-21-12-5-4-10-19(21)20-11-6-7-13-22(20)24(23)16-18/h1-32H;1-16H;1-16,25H. The number of benzene rings is 18. The number of nitrogens with one attached hydrogen (secondary N) is 1. The smallest absolute Gasteiger partial charge is 0.0561 e. The van der Waals surface area contributed by atoms with Crippen LogP contribution in [0.3, 0.4) is 0 Å². The van der Waals surface area contributed by atoms with Gasteiger partial charge >= 0.3 is 0 Å². The highest BCUT2D eigenvalue weighted by molar-refractivity contribution is 9.10. The molecule has 0 unspecified atom stereocenters. The Hall–Kier alpha value is -12.8. The van der Waals surface area contributed by atoms with Gasteiger partial charge in [0.05, 0.1) is 22.1 Å². The van der Waals surface area contributed by atoms with E-state index in [1.165, 1.54) is 136 Å². The predicted molar refractivity (Wildman–Crippen MR) is 436 cm³/mol. The van der Waals surface area contributed by atoms with Crippen LogP contribution in [0.5, 0.6) is 0 Å². The van der Waals surface area contributed by atoms with Gasteiger partial charge in [0.2, 0.25) is 0 Å². The summed E-state index contributed by atoms with van der Waals surface area (Å²) in [6.07, 6.45) is 0. The van der Waals surface area contributed by atoms with Gasteiger partial charge < -0.3 is 19.4 Å². The van der Waals surface area contributed by atoms with Crippen LogP contribution in [0.25, 0.3) is 142 Å². The van der Waals surface area contributed by atoms with Crippen molar-refractivity contribution < 1.29 is 0 Å². The maximum atomic E-state index is 3.63. The minimum Gasteiger partial charge on any atom is -0.356 e. The Kier molecular flexibility index (Phi) is 15.7. The van der Waals surface area contributed by atoms with Crippen molar-refractivity contribution in [3.63, 3.8) is 0 Å². The normalized spacial score (nSPS) is 11.4. The fraction of sp³-hybridized carbons (Fsp3) is 0. The maximum absolute atomic E-state index is 3.63. The average molecular weight is 1350 g/mol. The first-order valence-corrected chi connectivity index (χ1v) is 35.2. The highest BCUT2D eigenvalue weighted by Crippen LogP contribution is 2.44. The number of anilines is 5. The number of para-hydroxylation sites is 4. The van der Waals surface area contributed by atoms with Crippen LogP contribution in [0.1, 0.15) is 0 Å². The predicted octanol–water partition coefficient (Wildman–Crippen LogP) is 27.5. The van der Waals surface area contributed by atoms with E-state index in [4.69, 9.17) is 0 Å². The van der Waals surface area contributed by atoms with Crippen molar-refractivity contribution >= 4 is 153 Å². The number of nitrogens with zero attached hydrogens (tertiary/aromatic N) is 3. The lowest BCUT2D eigenvalue weighted by Crippen LogP contribution is -2.10. The molecule has 0 saturated heterocycles. The largest absolute Gasteiger partial charge is 0.356 e. The molecule has 0 fully saturated rings. The molecule has 5 heteroatoms. The van der Waals surface area contributed by atoms with Gasteiger partial charge in [-0.05, 0) is 196 Å². The molecule has 476 valence electrons. The number of hydrogen-bond acceptors (Lipinski definition) is 2. The molecular formula is C96H65BrN4. The Labute approximate surface area is 594 Å². The third-order valence-electron chi connectivity index (χ3n) is 19.8. The molecule has 0 saturated carbocycles. The number of rotatable bonds is 9. The molecule has 0 aliphatic carbocycles. The first-order valence-electron chi connectivity index (χ1n) is 34.4. The molecule has 0 atom stereocenters. The van der Waals surface area contributed by atoms with E-state index in [-0.39, 0.29) is 0 Å². The van der Waals surface area contributed by atoms with Crippen molar-refractivity contribution in [3.05, 3.63) is 393 Å². The molecule has 2 aromatic heterocycles. The van der Waals surface area contributed by atoms with E-state index in [2.05, 4.69) is 399 Å². The van der Waals surface area contributed by atoms with Crippen molar-refractivity contribution in [2.75, 3.05) is 10.2 Å². The van der Waals surface area contributed by atoms with Crippen LogP contribution in [0.2, 0.25) is 0 Å². The first-order chi connectivity index (χ1) is 50.0. The Morgan fingerprint density at radius 1 is 0.198 bits per heavy atom. The van der Waals surface area contributed by atoms with Crippen LogP contribution >= 0.6 is 15.9 Å². The molecular weight excluding hydrogens is 1290 g/mol. The molecule has 101 heavy (non-hydrogen) atoms. The van der Waals surface area contributed by atoms with Crippen LogP contribution in [0, 0.1) is 0 Å². The van der Waals surface area contributed by atoms with Crippen LogP contribution in [0.4, 0.5) is 28.4 Å². The lowest BCUT2D eigenvalue weighted by molar-refractivity contribution is 1.18. The summed E-state index contributed by atoms with van der Waals surface area (Å²) in [5, 5.41) is 24.0. The minimum absolute atomic E-state index is 1.09. The van der Waals surface area contributed by atoms with Crippen LogP contribution < -0.4 is 10.2 Å². The Morgan fingerprint density at radius 3 is 0.980 bits per heavy atom. The van der Waals surface area contributed by atoms with Gasteiger partial charge in [0.15, 0.2) is 0 Å². The van der Waals surface area contributed by atoms with Gasteiger partial charge in [0.25, 0.3) is 0 Å². The minimum atomic E-state index is 1.09. The summed E-state index contributed by atoms with van der Waals surface area (Å²) in [4.78, 5) is 2.39. The molecule has 4 nitrogen and oxygen atoms in total. The molecule has 0 aliphatic rings. The Balaban J connectivity index is 0.000000120. The second-order valence-electron chi connectivity index (χ2n) is 25.7. The summed E-state index contributed by atoms with van der Waals surface area (Å²) in [5.41, 5.74) is 17.6. The van der Waals surface area contributed by atoms with E-state index in [0.29, 0.717) is 0 Å². The fourth-order valence-corrected chi connectivity index (χ4v) is 15.5. The molecule has 0 spiro atoms. The third kappa shape index (κ3) is 11.3. The molecule has 0 amide bonds. The van der Waals surface area contributed by atoms with E-state index >= 15 is 0 Å². The molecule has 0 bridgehead atoms. The number of aromatic nitrogens is 2. The van der Waals surface area contributed by atoms with E-state index in [1.807, 2.05) is 24.3 Å². The zero-order valence-electron chi connectivity index (χ0n) is 55.2. The molecule has 18 aromatic carbocycles. The van der Waals surface area contributed by atoms with Crippen molar-refractivity contribution in [3.8, 4) is 33.6 Å². The summed E-state index contributed by atoms with van der Waals surface area (Å²) >= 11 is 3.63. The van der Waals surface area contributed by atoms with Gasteiger partial charge in [0, 0.05) is 65.8 Å². The van der Waals surface area contributed by atoms with Crippen LogP contribution in [-0.4, -0.2) is 9.13 Å². The third-order valence-corrected chi connectivity index (χ3v) is 20.3. The van der Waals surface area contributed by atoms with Crippen LogP contribution in [-0.2, 0) is 0 Å². The summed E-state index contributed by atoms with van der Waals surface area (Å²) in [6.45, 7) is 0. The van der Waals surface area contributed by atoms with Crippen molar-refractivity contribution in [2.24, 2.45) is 0 Å². The van der Waals surface area contributed by atoms with Crippen molar-refractivity contribution in [1.82, 2.24) is 9.13 Å². The number of hydrogen-bond donors (Lipinski definition) is 1. The zero-order valence-corrected chi connectivity index (χ0v) is 56.8. The monoisotopic (exact) mass is 1350 g/mol. The molecule has 0 radical (unpaired) electrons. The van der Waals surface area contributed by atoms with Gasteiger partial charge in [0.1, 0.15) is 0 Å². The molecule has 1 N–H and O–H groups in total. The topological polar surface area (TPSA) is 25.1 Å². The molecule has 20 rings (SSSR count). The van der Waals surface area contributed by atoms with Gasteiger partial charge in [-0.25, -0.2) is 0 Å². The quantitative estimate of drug-likeness (QED) is 0.146. The van der Waals surface area contributed by atoms with Gasteiger partial charge in [-0.15, -0.1) is 0 Å². The van der Waals surface area contributed by atoms with Crippen molar-refractivity contribution in [2.45, 2.75) is 0 Å². The molecule has 2 heterocycles. The van der Waals surface area contributed by atoms with E-state index in [0.717, 1.165) is 38.6 Å². The number of fused-ring (bicyclic) bond motifs is 18. The summed E-state index contributed by atoms with van der Waals surface area (Å²) in [7, 11) is 0. The Bertz CT molecular complexity index is 6390. The first kappa shape index (κ1) is 60.6. The highest BCUT2D eigenvalue weighted by Gasteiger charge is 2.20. The van der Waals surface area contributed by atoms with E-state index in [1.54, 1.807) is 0 Å². The summed E-state index contributed by atoms with van der Waals surface area (Å²) in [6, 6.07) is 139. The Morgan fingerprint density at radius 2 is 0.515 bits per heavy atom. The van der Waals surface area contributed by atoms with Gasteiger partial charge in [-0.2, -0.15) is 0 Å². The SMILES string of the molecule is Brc1ccc2c3ccccc3n(-c3ccc(-c4ccccc4)cc3)c2c1.c1ccc(-c2ccc(-n3c4ccccc4c4ccc(N(c5ccccc5)c5ccc6c7ccccc7c7ccccc7c6c5)cc43)cc2)cc1.c1ccc(Nc2ccc3c4ccccc4c4ccccc4c3c2)cc1. The van der Waals surface area contributed by atoms with E-state index in [9.17, 15) is 0 Å². The zero-order chi connectivity index (χ0) is 67.2. The summed E-state index contributed by atoms with van der Waals surface area (Å²) < 4.78 is 5.84. The summed E-state index contributed by atoms with van der Waals surface area (Å²) in [5.74, 6) is 0. The second kappa shape index (κ2) is 26.2. The van der Waals surface area contributed by atoms with E-state index < -0.39 is 0 Å². The lowest BCUT2D eigenvalue weighted by atomic mass is 9.94. The van der Waals surface area contributed by atoms with Crippen molar-refractivity contribution in [1.29, 1.82) is 0 Å². The average Bonchev–Trinajstić information content (AvgIpc) is 1.63. The second-order valence-corrected chi connectivity index (χ2v) is 26.6. The van der Waals surface area contributed by atoms with Crippen LogP contribution in [0.15, 0.2) is 393 Å². The van der Waals surface area contributed by atoms with Gasteiger partial charge in [-0.1, -0.05) is 295 Å². The lowest BCUT2D eigenvalue weighted by Gasteiger charge is -2.26. The number of halogens is 1. The molecule has 20 aromatic rings. The maximum Gasteiger partial charge on any atom is 0.0561 e. The fourth-order valence-electron chi connectivity index (χ4n) is 15.2. The molecule has 0 aliphatic heterocycles.